The summed E-state index contributed by atoms with van der Waals surface area (Å²) in [6.45, 7) is 2.41. The number of rotatable bonds is 3. The Kier molecular flexibility index (Phi) is 4.07. The molecule has 2 rings (SSSR count). The third-order valence-corrected chi connectivity index (χ3v) is 5.81. The van der Waals surface area contributed by atoms with Crippen molar-refractivity contribution in [2.45, 2.75) is 18.7 Å². The molecule has 0 amide bonds. The average molecular weight is 300 g/mol. The molecule has 0 aromatic heterocycles. The standard InChI is InChI=1S/C12H16N2O3S2/c1-9(12(13)18)19(15,16)14-6-7-17-11-5-3-2-4-10(11)8-14/h2-5,9H,6-8H2,1H3,(H2,13,18). The van der Waals surface area contributed by atoms with E-state index in [1.807, 2.05) is 24.3 Å². The van der Waals surface area contributed by atoms with Gasteiger partial charge in [-0.15, -0.1) is 0 Å². The van der Waals surface area contributed by atoms with E-state index >= 15 is 0 Å². The smallest absolute Gasteiger partial charge is 0.223 e. The van der Waals surface area contributed by atoms with Crippen LogP contribution in [0.5, 0.6) is 5.75 Å². The van der Waals surface area contributed by atoms with Gasteiger partial charge in [0, 0.05) is 18.7 Å². The van der Waals surface area contributed by atoms with Crippen LogP contribution >= 0.6 is 12.2 Å². The normalized spacial score (nSPS) is 17.9. The van der Waals surface area contributed by atoms with Gasteiger partial charge < -0.3 is 10.5 Å². The lowest BCUT2D eigenvalue weighted by molar-refractivity contribution is 0.292. The first-order chi connectivity index (χ1) is 8.93. The number of para-hydroxylation sites is 1. The second kappa shape index (κ2) is 5.44. The van der Waals surface area contributed by atoms with Crippen LogP contribution in [-0.2, 0) is 16.6 Å². The Bertz CT molecular complexity index is 586. The van der Waals surface area contributed by atoms with Crippen molar-refractivity contribution in [1.29, 1.82) is 0 Å². The number of ether oxygens (including phenoxy) is 1. The number of benzene rings is 1. The van der Waals surface area contributed by atoms with Crippen molar-refractivity contribution in [2.75, 3.05) is 13.2 Å². The van der Waals surface area contributed by atoms with E-state index in [1.165, 1.54) is 11.2 Å². The molecular formula is C12H16N2O3S2. The molecule has 1 atom stereocenters. The quantitative estimate of drug-likeness (QED) is 0.839. The molecule has 5 nitrogen and oxygen atoms in total. The van der Waals surface area contributed by atoms with Crippen LogP contribution in [0.25, 0.3) is 0 Å². The predicted molar refractivity (Wildman–Crippen MR) is 77.5 cm³/mol. The highest BCUT2D eigenvalue weighted by Gasteiger charge is 2.32. The van der Waals surface area contributed by atoms with E-state index in [2.05, 4.69) is 0 Å². The summed E-state index contributed by atoms with van der Waals surface area (Å²) in [6.07, 6.45) is 0. The largest absolute Gasteiger partial charge is 0.492 e. The Morgan fingerprint density at radius 1 is 1.47 bits per heavy atom. The van der Waals surface area contributed by atoms with Crippen molar-refractivity contribution in [3.8, 4) is 5.75 Å². The monoisotopic (exact) mass is 300 g/mol. The molecular weight excluding hydrogens is 284 g/mol. The van der Waals surface area contributed by atoms with E-state index < -0.39 is 15.3 Å². The maximum Gasteiger partial charge on any atom is 0.223 e. The van der Waals surface area contributed by atoms with Gasteiger partial charge in [0.05, 0.1) is 4.99 Å². The van der Waals surface area contributed by atoms with Gasteiger partial charge in [0.25, 0.3) is 0 Å². The molecule has 0 aliphatic carbocycles. The van der Waals surface area contributed by atoms with Crippen molar-refractivity contribution in [1.82, 2.24) is 4.31 Å². The van der Waals surface area contributed by atoms with E-state index in [1.54, 1.807) is 0 Å². The van der Waals surface area contributed by atoms with Gasteiger partial charge in [-0.1, -0.05) is 30.4 Å². The van der Waals surface area contributed by atoms with Crippen molar-refractivity contribution in [3.63, 3.8) is 0 Å². The van der Waals surface area contributed by atoms with Gasteiger partial charge in [-0.3, -0.25) is 0 Å². The molecule has 0 fully saturated rings. The third-order valence-electron chi connectivity index (χ3n) is 3.12. The number of hydrogen-bond donors (Lipinski definition) is 1. The van der Waals surface area contributed by atoms with Gasteiger partial charge in [0.2, 0.25) is 10.0 Å². The fourth-order valence-electron chi connectivity index (χ4n) is 1.89. The lowest BCUT2D eigenvalue weighted by Gasteiger charge is -2.23. The number of hydrogen-bond acceptors (Lipinski definition) is 4. The number of nitrogens with two attached hydrogens (primary N) is 1. The summed E-state index contributed by atoms with van der Waals surface area (Å²) >= 11 is 4.79. The molecule has 1 aliphatic heterocycles. The zero-order chi connectivity index (χ0) is 14.0. The molecule has 1 aromatic carbocycles. The molecule has 0 radical (unpaired) electrons. The summed E-state index contributed by atoms with van der Waals surface area (Å²) in [5.74, 6) is 0.725. The van der Waals surface area contributed by atoms with Crippen LogP contribution in [0.2, 0.25) is 0 Å². The minimum Gasteiger partial charge on any atom is -0.492 e. The van der Waals surface area contributed by atoms with Gasteiger partial charge >= 0.3 is 0 Å². The van der Waals surface area contributed by atoms with Crippen LogP contribution in [0.15, 0.2) is 24.3 Å². The fourth-order valence-corrected chi connectivity index (χ4v) is 3.64. The minimum atomic E-state index is -3.54. The Morgan fingerprint density at radius 2 is 2.16 bits per heavy atom. The average Bonchev–Trinajstić information content (AvgIpc) is 2.60. The SMILES string of the molecule is CC(C(N)=S)S(=O)(=O)N1CCOc2ccccc2C1. The molecule has 19 heavy (non-hydrogen) atoms. The lowest BCUT2D eigenvalue weighted by Crippen LogP contribution is -2.43. The van der Waals surface area contributed by atoms with Crippen molar-refractivity contribution in [2.24, 2.45) is 5.73 Å². The first-order valence-electron chi connectivity index (χ1n) is 5.92. The summed E-state index contributed by atoms with van der Waals surface area (Å²) in [7, 11) is -3.54. The van der Waals surface area contributed by atoms with Crippen molar-refractivity contribution < 1.29 is 13.2 Å². The molecule has 1 aliphatic rings. The first-order valence-corrected chi connectivity index (χ1v) is 7.83. The number of nitrogens with zero attached hydrogens (tertiary/aromatic N) is 1. The molecule has 104 valence electrons. The highest BCUT2D eigenvalue weighted by Crippen LogP contribution is 2.25. The van der Waals surface area contributed by atoms with Crippen LogP contribution in [0, 0.1) is 0 Å². The molecule has 1 heterocycles. The summed E-state index contributed by atoms with van der Waals surface area (Å²) in [5.41, 5.74) is 6.30. The van der Waals surface area contributed by atoms with E-state index in [4.69, 9.17) is 22.7 Å². The van der Waals surface area contributed by atoms with E-state index in [0.29, 0.717) is 13.2 Å². The summed E-state index contributed by atoms with van der Waals surface area (Å²) in [5, 5.41) is -0.868. The van der Waals surface area contributed by atoms with Crippen LogP contribution in [0.1, 0.15) is 12.5 Å². The fraction of sp³-hybridized carbons (Fsp3) is 0.417. The summed E-state index contributed by atoms with van der Waals surface area (Å²) in [6, 6.07) is 7.41. The zero-order valence-electron chi connectivity index (χ0n) is 10.6. The molecule has 1 unspecified atom stereocenters. The number of thiocarbonyl (C=S) groups is 1. The number of sulfonamides is 1. The molecule has 0 saturated heterocycles. The molecule has 0 spiro atoms. The lowest BCUT2D eigenvalue weighted by atomic mass is 10.2. The molecule has 2 N–H and O–H groups in total. The van der Waals surface area contributed by atoms with Crippen LogP contribution in [0.4, 0.5) is 0 Å². The van der Waals surface area contributed by atoms with Gasteiger partial charge in [-0.25, -0.2) is 8.42 Å². The van der Waals surface area contributed by atoms with Crippen LogP contribution < -0.4 is 10.5 Å². The first kappa shape index (κ1) is 14.2. The van der Waals surface area contributed by atoms with E-state index in [9.17, 15) is 8.42 Å². The Labute approximate surface area is 118 Å². The van der Waals surface area contributed by atoms with E-state index in [-0.39, 0.29) is 11.5 Å². The maximum absolute atomic E-state index is 12.4. The van der Waals surface area contributed by atoms with Crippen molar-refractivity contribution in [3.05, 3.63) is 29.8 Å². The Hall–Kier alpha value is -1.18. The third kappa shape index (κ3) is 2.88. The second-order valence-electron chi connectivity index (χ2n) is 4.38. The highest BCUT2D eigenvalue weighted by molar-refractivity contribution is 7.92. The number of fused-ring (bicyclic) bond motifs is 1. The Balaban J connectivity index is 2.30. The van der Waals surface area contributed by atoms with Gasteiger partial charge in [-0.05, 0) is 13.0 Å². The molecule has 0 saturated carbocycles. The second-order valence-corrected chi connectivity index (χ2v) is 7.10. The zero-order valence-corrected chi connectivity index (χ0v) is 12.2. The molecule has 0 bridgehead atoms. The topological polar surface area (TPSA) is 72.6 Å². The van der Waals surface area contributed by atoms with E-state index in [0.717, 1.165) is 11.3 Å². The van der Waals surface area contributed by atoms with Gasteiger partial charge in [-0.2, -0.15) is 4.31 Å². The van der Waals surface area contributed by atoms with Crippen LogP contribution in [0.3, 0.4) is 0 Å². The molecule has 1 aromatic rings. The van der Waals surface area contributed by atoms with Gasteiger partial charge in [0.15, 0.2) is 0 Å². The minimum absolute atomic E-state index is 0.0153. The summed E-state index contributed by atoms with van der Waals surface area (Å²) < 4.78 is 31.7. The van der Waals surface area contributed by atoms with Gasteiger partial charge in [0.1, 0.15) is 17.6 Å². The Morgan fingerprint density at radius 3 is 2.84 bits per heavy atom. The predicted octanol–water partition coefficient (Wildman–Crippen LogP) is 0.885. The highest BCUT2D eigenvalue weighted by atomic mass is 32.2. The summed E-state index contributed by atoms with van der Waals surface area (Å²) in [4.78, 5) is -0.0153. The van der Waals surface area contributed by atoms with Crippen LogP contribution in [-0.4, -0.2) is 36.1 Å². The maximum atomic E-state index is 12.4. The van der Waals surface area contributed by atoms with Crippen molar-refractivity contribution >= 4 is 27.2 Å². The molecule has 7 heteroatoms.